The molecule has 1 aromatic heterocycles. The third kappa shape index (κ3) is 3.93. The number of amides is 1. The first-order valence-corrected chi connectivity index (χ1v) is 8.03. The lowest BCUT2D eigenvalue weighted by molar-refractivity contribution is -0.134. The van der Waals surface area contributed by atoms with E-state index in [0.717, 1.165) is 25.8 Å². The van der Waals surface area contributed by atoms with E-state index in [-0.39, 0.29) is 6.10 Å². The van der Waals surface area contributed by atoms with Crippen LogP contribution in [0.1, 0.15) is 44.9 Å². The summed E-state index contributed by atoms with van der Waals surface area (Å²) in [6.45, 7) is 1.55. The van der Waals surface area contributed by atoms with Gasteiger partial charge in [-0.25, -0.2) is 0 Å². The van der Waals surface area contributed by atoms with Crippen LogP contribution in [-0.2, 0) is 4.79 Å². The molecule has 21 heavy (non-hydrogen) atoms. The average Bonchev–Trinajstić information content (AvgIpc) is 3.01. The quantitative estimate of drug-likeness (QED) is 0.854. The first-order chi connectivity index (χ1) is 10.3. The molecule has 3 rings (SSSR count). The van der Waals surface area contributed by atoms with Gasteiger partial charge in [0.15, 0.2) is 0 Å². The van der Waals surface area contributed by atoms with Crippen LogP contribution >= 0.6 is 0 Å². The molecule has 0 aromatic carbocycles. The number of ether oxygens (including phenoxy) is 1. The molecule has 1 aliphatic heterocycles. The zero-order valence-corrected chi connectivity index (χ0v) is 12.4. The maximum Gasteiger partial charge on any atom is 0.233 e. The van der Waals surface area contributed by atoms with Crippen molar-refractivity contribution >= 4 is 5.91 Å². The van der Waals surface area contributed by atoms with E-state index in [1.807, 2.05) is 17.0 Å². The number of carbonyl (C=O) groups is 1. The van der Waals surface area contributed by atoms with E-state index in [0.29, 0.717) is 24.2 Å². The molecule has 5 heteroatoms. The van der Waals surface area contributed by atoms with Crippen LogP contribution in [0.25, 0.3) is 0 Å². The summed E-state index contributed by atoms with van der Waals surface area (Å²) in [4.78, 5) is 14.4. The Morgan fingerprint density at radius 3 is 2.90 bits per heavy atom. The number of nitrogens with zero attached hydrogens (tertiary/aromatic N) is 3. The van der Waals surface area contributed by atoms with Gasteiger partial charge in [0.05, 0.1) is 6.54 Å². The van der Waals surface area contributed by atoms with Crippen molar-refractivity contribution in [2.75, 3.05) is 13.1 Å². The highest BCUT2D eigenvalue weighted by molar-refractivity contribution is 5.76. The van der Waals surface area contributed by atoms with Crippen molar-refractivity contribution in [2.45, 2.75) is 51.0 Å². The summed E-state index contributed by atoms with van der Waals surface area (Å²) in [6.07, 6.45) is 9.39. The smallest absolute Gasteiger partial charge is 0.233 e. The van der Waals surface area contributed by atoms with E-state index < -0.39 is 0 Å². The molecule has 114 valence electrons. The van der Waals surface area contributed by atoms with E-state index in [1.54, 1.807) is 6.20 Å². The predicted octanol–water partition coefficient (Wildman–Crippen LogP) is 2.43. The van der Waals surface area contributed by atoms with Crippen molar-refractivity contribution in [3.63, 3.8) is 0 Å². The second-order valence-corrected chi connectivity index (χ2v) is 6.14. The van der Waals surface area contributed by atoms with E-state index in [1.165, 1.54) is 25.7 Å². The highest BCUT2D eigenvalue weighted by atomic mass is 16.5. The Morgan fingerprint density at radius 2 is 2.14 bits per heavy atom. The molecule has 1 amide bonds. The van der Waals surface area contributed by atoms with Gasteiger partial charge in [-0.1, -0.05) is 12.8 Å². The predicted molar refractivity (Wildman–Crippen MR) is 78.8 cm³/mol. The van der Waals surface area contributed by atoms with Gasteiger partial charge in [0.2, 0.25) is 11.8 Å². The average molecular weight is 289 g/mol. The number of likely N-dealkylation sites (tertiary alicyclic amines) is 1. The van der Waals surface area contributed by atoms with Gasteiger partial charge >= 0.3 is 0 Å². The van der Waals surface area contributed by atoms with Gasteiger partial charge in [0.1, 0.15) is 6.10 Å². The van der Waals surface area contributed by atoms with Crippen molar-refractivity contribution in [1.82, 2.24) is 15.1 Å². The van der Waals surface area contributed by atoms with E-state index >= 15 is 0 Å². The first-order valence-electron chi connectivity index (χ1n) is 8.03. The minimum atomic E-state index is 0.0444. The lowest BCUT2D eigenvalue weighted by Gasteiger charge is -2.33. The Balaban J connectivity index is 1.51. The number of rotatable bonds is 4. The van der Waals surface area contributed by atoms with E-state index in [2.05, 4.69) is 10.2 Å². The summed E-state index contributed by atoms with van der Waals surface area (Å²) in [6, 6.07) is 3.63. The zero-order chi connectivity index (χ0) is 14.5. The van der Waals surface area contributed by atoms with Crippen molar-refractivity contribution in [3.05, 3.63) is 18.3 Å². The lowest BCUT2D eigenvalue weighted by Crippen LogP contribution is -2.44. The third-order valence-corrected chi connectivity index (χ3v) is 4.50. The normalized spacial score (nSPS) is 23.2. The number of aromatic nitrogens is 2. The summed E-state index contributed by atoms with van der Waals surface area (Å²) < 4.78 is 5.84. The molecule has 0 bridgehead atoms. The summed E-state index contributed by atoms with van der Waals surface area (Å²) in [7, 11) is 0. The number of hydrogen-bond acceptors (Lipinski definition) is 4. The maximum absolute atomic E-state index is 12.4. The SMILES string of the molecule is O=C(CC1CCCC1)N1CCC[C@H](Oc2cccnn2)C1. The van der Waals surface area contributed by atoms with Gasteiger partial charge in [-0.2, -0.15) is 5.10 Å². The van der Waals surface area contributed by atoms with Crippen LogP contribution in [0.15, 0.2) is 18.3 Å². The molecule has 5 nitrogen and oxygen atoms in total. The van der Waals surface area contributed by atoms with Gasteiger partial charge in [-0.3, -0.25) is 4.79 Å². The standard InChI is InChI=1S/C16H23N3O2/c20-16(11-13-5-1-2-6-13)19-10-4-7-14(12-19)21-15-8-3-9-17-18-15/h3,8-9,13-14H,1-2,4-7,10-12H2/t14-/m0/s1. The topological polar surface area (TPSA) is 55.3 Å². The van der Waals surface area contributed by atoms with Crippen molar-refractivity contribution in [2.24, 2.45) is 5.92 Å². The summed E-state index contributed by atoms with van der Waals surface area (Å²) >= 11 is 0. The molecule has 0 spiro atoms. The van der Waals surface area contributed by atoms with Crippen LogP contribution in [0, 0.1) is 5.92 Å². The number of carbonyl (C=O) groups excluding carboxylic acids is 1. The zero-order valence-electron chi connectivity index (χ0n) is 12.4. The third-order valence-electron chi connectivity index (χ3n) is 4.50. The van der Waals surface area contributed by atoms with Crippen LogP contribution in [0.3, 0.4) is 0 Å². The van der Waals surface area contributed by atoms with Gasteiger partial charge in [-0.15, -0.1) is 5.10 Å². The van der Waals surface area contributed by atoms with Crippen molar-refractivity contribution in [1.29, 1.82) is 0 Å². The minimum absolute atomic E-state index is 0.0444. The summed E-state index contributed by atoms with van der Waals surface area (Å²) in [5.41, 5.74) is 0. The molecule has 2 fully saturated rings. The second-order valence-electron chi connectivity index (χ2n) is 6.14. The Hall–Kier alpha value is -1.65. The fourth-order valence-electron chi connectivity index (χ4n) is 3.37. The van der Waals surface area contributed by atoms with Crippen LogP contribution in [0.2, 0.25) is 0 Å². The van der Waals surface area contributed by atoms with Gasteiger partial charge in [0, 0.05) is 25.2 Å². The summed E-state index contributed by atoms with van der Waals surface area (Å²) in [5, 5.41) is 7.77. The molecule has 1 aromatic rings. The monoisotopic (exact) mass is 289 g/mol. The Labute approximate surface area is 125 Å². The molecule has 2 heterocycles. The molecule has 2 aliphatic rings. The molecule has 0 unspecified atom stereocenters. The van der Waals surface area contributed by atoms with Crippen LogP contribution < -0.4 is 4.74 Å². The first kappa shape index (κ1) is 14.3. The van der Waals surface area contributed by atoms with Crippen molar-refractivity contribution < 1.29 is 9.53 Å². The molecule has 1 saturated heterocycles. The molecule has 0 N–H and O–H groups in total. The fourth-order valence-corrected chi connectivity index (χ4v) is 3.37. The highest BCUT2D eigenvalue weighted by Gasteiger charge is 2.27. The van der Waals surface area contributed by atoms with Gasteiger partial charge in [-0.05, 0) is 37.7 Å². The highest BCUT2D eigenvalue weighted by Crippen LogP contribution is 2.28. The number of hydrogen-bond donors (Lipinski definition) is 0. The van der Waals surface area contributed by atoms with Crippen LogP contribution in [0.4, 0.5) is 0 Å². The van der Waals surface area contributed by atoms with E-state index in [9.17, 15) is 4.79 Å². The Bertz CT molecular complexity index is 460. The van der Waals surface area contributed by atoms with Gasteiger partial charge in [0.25, 0.3) is 0 Å². The molecular weight excluding hydrogens is 266 g/mol. The van der Waals surface area contributed by atoms with E-state index in [4.69, 9.17) is 4.74 Å². The van der Waals surface area contributed by atoms with Crippen molar-refractivity contribution in [3.8, 4) is 5.88 Å². The minimum Gasteiger partial charge on any atom is -0.471 e. The van der Waals surface area contributed by atoms with Crippen LogP contribution in [-0.4, -0.2) is 40.2 Å². The number of piperidine rings is 1. The van der Waals surface area contributed by atoms with Gasteiger partial charge < -0.3 is 9.64 Å². The molecule has 0 radical (unpaired) electrons. The maximum atomic E-state index is 12.4. The molecular formula is C16H23N3O2. The fraction of sp³-hybridized carbons (Fsp3) is 0.688. The second kappa shape index (κ2) is 6.87. The Morgan fingerprint density at radius 1 is 1.29 bits per heavy atom. The lowest BCUT2D eigenvalue weighted by atomic mass is 10.0. The van der Waals surface area contributed by atoms with Crippen LogP contribution in [0.5, 0.6) is 5.88 Å². The molecule has 1 saturated carbocycles. The largest absolute Gasteiger partial charge is 0.471 e. The molecule has 1 aliphatic carbocycles. The Kier molecular flexibility index (Phi) is 4.68. The molecule has 1 atom stereocenters. The summed E-state index contributed by atoms with van der Waals surface area (Å²) in [5.74, 6) is 1.46.